The maximum atomic E-state index is 12.8. The minimum Gasteiger partial charge on any atom is -0.496 e. The number of ether oxygens (including phenoxy) is 5. The minimum absolute atomic E-state index is 0.152. The molecule has 1 heterocycles. The molecule has 0 fully saturated rings. The van der Waals surface area contributed by atoms with Gasteiger partial charge in [-0.3, -0.25) is 4.79 Å². The summed E-state index contributed by atoms with van der Waals surface area (Å²) in [6.07, 6.45) is 1.62. The normalized spacial score (nSPS) is 13.3. The van der Waals surface area contributed by atoms with Crippen molar-refractivity contribution in [3.8, 4) is 28.7 Å². The van der Waals surface area contributed by atoms with E-state index in [1.54, 1.807) is 43.5 Å². The first kappa shape index (κ1) is 21.0. The Balaban J connectivity index is 1.60. The van der Waals surface area contributed by atoms with Gasteiger partial charge in [0.2, 0.25) is 5.78 Å². The van der Waals surface area contributed by atoms with Gasteiger partial charge >= 0.3 is 5.97 Å². The molecule has 0 unspecified atom stereocenters. The van der Waals surface area contributed by atoms with E-state index in [9.17, 15) is 9.59 Å². The van der Waals surface area contributed by atoms with Crippen LogP contribution in [0.1, 0.15) is 26.3 Å². The van der Waals surface area contributed by atoms with Crippen molar-refractivity contribution in [1.29, 1.82) is 0 Å². The fourth-order valence-electron chi connectivity index (χ4n) is 3.37. The quantitative estimate of drug-likeness (QED) is 0.321. The van der Waals surface area contributed by atoms with Crippen LogP contribution in [0.25, 0.3) is 6.08 Å². The summed E-state index contributed by atoms with van der Waals surface area (Å²) in [5, 5.41) is 0. The lowest BCUT2D eigenvalue weighted by molar-refractivity contribution is 0.0727. The summed E-state index contributed by atoms with van der Waals surface area (Å²) >= 11 is 0. The molecule has 0 radical (unpaired) electrons. The number of benzene rings is 3. The highest BCUT2D eigenvalue weighted by Gasteiger charge is 2.29. The van der Waals surface area contributed by atoms with Crippen LogP contribution in [0.5, 0.6) is 28.7 Å². The number of Topliss-reactive ketones (excluding diaryl/α,β-unsaturated/α-hetero) is 1. The van der Waals surface area contributed by atoms with Crippen molar-refractivity contribution in [2.45, 2.75) is 0 Å². The fraction of sp³-hybridized carbons (Fsp3) is 0.120. The smallest absolute Gasteiger partial charge is 0.351 e. The SMILES string of the molecule is COc1ccccc1C=C1Oc2cc(OC(=O)c3c(OC)cccc3OC)ccc2C1=O. The molecule has 7 nitrogen and oxygen atoms in total. The van der Waals surface area contributed by atoms with Crippen LogP contribution >= 0.6 is 0 Å². The number of allylic oxidation sites excluding steroid dienone is 1. The average Bonchev–Trinajstić information content (AvgIpc) is 3.13. The Bertz CT molecular complexity index is 1200. The van der Waals surface area contributed by atoms with E-state index < -0.39 is 5.97 Å². The maximum Gasteiger partial charge on any atom is 0.351 e. The first-order valence-electron chi connectivity index (χ1n) is 9.70. The topological polar surface area (TPSA) is 80.3 Å². The van der Waals surface area contributed by atoms with Crippen LogP contribution in [-0.2, 0) is 0 Å². The molecule has 0 saturated heterocycles. The van der Waals surface area contributed by atoms with E-state index in [0.717, 1.165) is 0 Å². The van der Waals surface area contributed by atoms with E-state index >= 15 is 0 Å². The summed E-state index contributed by atoms with van der Waals surface area (Å²) in [5.74, 6) is 1.00. The zero-order valence-corrected chi connectivity index (χ0v) is 17.7. The number of carbonyl (C=O) groups is 2. The Morgan fingerprint density at radius 1 is 0.844 bits per heavy atom. The minimum atomic E-state index is -0.659. The number of hydrogen-bond acceptors (Lipinski definition) is 7. The molecule has 162 valence electrons. The van der Waals surface area contributed by atoms with Crippen LogP contribution in [0.15, 0.2) is 66.4 Å². The first-order valence-corrected chi connectivity index (χ1v) is 9.70. The number of hydrogen-bond donors (Lipinski definition) is 0. The fourth-order valence-corrected chi connectivity index (χ4v) is 3.37. The van der Waals surface area contributed by atoms with Crippen LogP contribution in [0.3, 0.4) is 0 Å². The van der Waals surface area contributed by atoms with E-state index in [4.69, 9.17) is 23.7 Å². The molecule has 0 amide bonds. The molecule has 0 atom stereocenters. The van der Waals surface area contributed by atoms with Crippen LogP contribution < -0.4 is 23.7 Å². The number of carbonyl (C=O) groups excluding carboxylic acids is 2. The number of rotatable bonds is 6. The van der Waals surface area contributed by atoms with Gasteiger partial charge in [-0.05, 0) is 36.4 Å². The highest BCUT2D eigenvalue weighted by Crippen LogP contribution is 2.36. The predicted octanol–water partition coefficient (Wildman–Crippen LogP) is 4.55. The second-order valence-electron chi connectivity index (χ2n) is 6.77. The third kappa shape index (κ3) is 3.88. The summed E-state index contributed by atoms with van der Waals surface area (Å²) in [4.78, 5) is 25.5. The Morgan fingerprint density at radius 3 is 2.19 bits per heavy atom. The van der Waals surface area contributed by atoms with Gasteiger partial charge in [0.1, 0.15) is 34.3 Å². The molecule has 0 spiro atoms. The van der Waals surface area contributed by atoms with Gasteiger partial charge in [0.25, 0.3) is 0 Å². The molecular formula is C25H20O7. The van der Waals surface area contributed by atoms with Crippen LogP contribution in [0.2, 0.25) is 0 Å². The molecule has 3 aromatic carbocycles. The highest BCUT2D eigenvalue weighted by molar-refractivity contribution is 6.14. The van der Waals surface area contributed by atoms with Crippen LogP contribution in [0.4, 0.5) is 0 Å². The molecule has 0 bridgehead atoms. The van der Waals surface area contributed by atoms with Gasteiger partial charge in [-0.25, -0.2) is 4.79 Å². The lowest BCUT2D eigenvalue weighted by Gasteiger charge is -2.12. The zero-order valence-electron chi connectivity index (χ0n) is 17.7. The summed E-state index contributed by atoms with van der Waals surface area (Å²) in [7, 11) is 4.47. The van der Waals surface area contributed by atoms with Gasteiger partial charge in [0.15, 0.2) is 5.76 Å². The van der Waals surface area contributed by atoms with Crippen LogP contribution in [0, 0.1) is 0 Å². The van der Waals surface area contributed by atoms with Crippen molar-refractivity contribution in [2.75, 3.05) is 21.3 Å². The van der Waals surface area contributed by atoms with Crippen molar-refractivity contribution in [3.63, 3.8) is 0 Å². The molecule has 0 aliphatic carbocycles. The Kier molecular flexibility index (Phi) is 5.81. The lowest BCUT2D eigenvalue weighted by atomic mass is 10.1. The highest BCUT2D eigenvalue weighted by atomic mass is 16.5. The van der Waals surface area contributed by atoms with Gasteiger partial charge in [-0.1, -0.05) is 24.3 Å². The molecule has 3 aromatic rings. The number of methoxy groups -OCH3 is 3. The third-order valence-electron chi connectivity index (χ3n) is 4.91. The second kappa shape index (κ2) is 8.85. The Morgan fingerprint density at radius 2 is 1.50 bits per heavy atom. The van der Waals surface area contributed by atoms with E-state index in [-0.39, 0.29) is 22.9 Å². The molecule has 0 saturated carbocycles. The number of fused-ring (bicyclic) bond motifs is 1. The molecule has 1 aliphatic rings. The van der Waals surface area contributed by atoms with Crippen molar-refractivity contribution in [2.24, 2.45) is 0 Å². The van der Waals surface area contributed by atoms with Gasteiger partial charge in [-0.2, -0.15) is 0 Å². The molecule has 0 N–H and O–H groups in total. The molecule has 7 heteroatoms. The summed E-state index contributed by atoms with van der Waals surface area (Å²) in [6, 6.07) is 16.9. The molecular weight excluding hydrogens is 412 g/mol. The predicted molar refractivity (Wildman–Crippen MR) is 117 cm³/mol. The monoisotopic (exact) mass is 432 g/mol. The summed E-state index contributed by atoms with van der Waals surface area (Å²) in [6.45, 7) is 0. The Labute approximate surface area is 184 Å². The van der Waals surface area contributed by atoms with Crippen molar-refractivity contribution < 1.29 is 33.3 Å². The first-order chi connectivity index (χ1) is 15.5. The van der Waals surface area contributed by atoms with Gasteiger partial charge < -0.3 is 23.7 Å². The average molecular weight is 432 g/mol. The van der Waals surface area contributed by atoms with E-state index in [0.29, 0.717) is 34.1 Å². The van der Waals surface area contributed by atoms with Crippen molar-refractivity contribution in [3.05, 3.63) is 83.1 Å². The molecule has 32 heavy (non-hydrogen) atoms. The van der Waals surface area contributed by atoms with E-state index in [1.807, 2.05) is 18.2 Å². The van der Waals surface area contributed by atoms with Gasteiger partial charge in [-0.15, -0.1) is 0 Å². The molecule has 4 rings (SSSR count). The standard InChI is InChI=1S/C25H20O7/c1-28-18-8-5-4-7-15(18)13-22-24(26)17-12-11-16(14-21(17)32-22)31-25(27)23-19(29-2)9-6-10-20(23)30-3/h4-14H,1-3H3. The van der Waals surface area contributed by atoms with E-state index in [2.05, 4.69) is 0 Å². The number of esters is 1. The Hall–Kier alpha value is -4.26. The largest absolute Gasteiger partial charge is 0.496 e. The molecule has 0 aromatic heterocycles. The van der Waals surface area contributed by atoms with Gasteiger partial charge in [0, 0.05) is 11.6 Å². The second-order valence-corrected chi connectivity index (χ2v) is 6.77. The molecule has 1 aliphatic heterocycles. The summed E-state index contributed by atoms with van der Waals surface area (Å²) < 4.78 is 27.1. The number of ketones is 1. The number of para-hydroxylation sites is 1. The van der Waals surface area contributed by atoms with Crippen LogP contribution in [-0.4, -0.2) is 33.1 Å². The summed E-state index contributed by atoms with van der Waals surface area (Å²) in [5.41, 5.74) is 1.24. The third-order valence-corrected chi connectivity index (χ3v) is 4.91. The van der Waals surface area contributed by atoms with Crippen molar-refractivity contribution in [1.82, 2.24) is 0 Å². The lowest BCUT2D eigenvalue weighted by Crippen LogP contribution is -2.12. The maximum absolute atomic E-state index is 12.8. The zero-order chi connectivity index (χ0) is 22.7. The van der Waals surface area contributed by atoms with Gasteiger partial charge in [0.05, 0.1) is 26.9 Å². The van der Waals surface area contributed by atoms with Crippen molar-refractivity contribution >= 4 is 17.8 Å². The van der Waals surface area contributed by atoms with E-state index in [1.165, 1.54) is 26.4 Å².